The number of aromatic amines is 1. The molecular weight excluding hydrogens is 248 g/mol. The van der Waals surface area contributed by atoms with Crippen LogP contribution in [0, 0.1) is 6.92 Å². The van der Waals surface area contributed by atoms with Gasteiger partial charge in [0, 0.05) is 25.3 Å². The number of amides is 1. The largest absolute Gasteiger partial charge is 0.464 e. The van der Waals surface area contributed by atoms with Crippen LogP contribution in [0.25, 0.3) is 0 Å². The highest BCUT2D eigenvalue weighted by Gasteiger charge is 2.34. The van der Waals surface area contributed by atoms with Crippen molar-refractivity contribution in [2.24, 2.45) is 0 Å². The van der Waals surface area contributed by atoms with Crippen molar-refractivity contribution in [3.8, 4) is 0 Å². The molecule has 1 unspecified atom stereocenters. The summed E-state index contributed by atoms with van der Waals surface area (Å²) in [7, 11) is 0. The highest BCUT2D eigenvalue weighted by atomic mass is 16.5. The molecule has 0 aromatic carbocycles. The van der Waals surface area contributed by atoms with E-state index in [1.54, 1.807) is 18.7 Å². The number of nitrogens with zero attached hydrogens (tertiary/aromatic N) is 2. The zero-order valence-corrected chi connectivity index (χ0v) is 11.1. The van der Waals surface area contributed by atoms with E-state index in [0.717, 1.165) is 0 Å². The molecule has 1 aliphatic rings. The Bertz CT molecular complexity index is 471. The lowest BCUT2D eigenvalue weighted by Gasteiger charge is -2.34. The van der Waals surface area contributed by atoms with Crippen molar-refractivity contribution < 1.29 is 14.3 Å². The van der Waals surface area contributed by atoms with Crippen LogP contribution in [0.3, 0.4) is 0 Å². The predicted octanol–water partition coefficient (Wildman–Crippen LogP) is -0.305. The summed E-state index contributed by atoms with van der Waals surface area (Å²) in [4.78, 5) is 25.9. The van der Waals surface area contributed by atoms with Crippen LogP contribution in [0.15, 0.2) is 6.20 Å². The molecule has 0 spiro atoms. The summed E-state index contributed by atoms with van der Waals surface area (Å²) in [6.07, 6.45) is 1.49. The molecule has 1 aliphatic heterocycles. The molecule has 19 heavy (non-hydrogen) atoms. The lowest BCUT2D eigenvalue weighted by Crippen LogP contribution is -2.57. The maximum atomic E-state index is 12.4. The number of rotatable bonds is 3. The van der Waals surface area contributed by atoms with Gasteiger partial charge in [-0.1, -0.05) is 0 Å². The number of ether oxygens (including phenoxy) is 1. The van der Waals surface area contributed by atoms with Crippen molar-refractivity contribution in [1.29, 1.82) is 0 Å². The maximum Gasteiger partial charge on any atom is 0.330 e. The van der Waals surface area contributed by atoms with Crippen LogP contribution in [0.5, 0.6) is 0 Å². The van der Waals surface area contributed by atoms with E-state index < -0.39 is 6.04 Å². The first-order valence-electron chi connectivity index (χ1n) is 6.33. The van der Waals surface area contributed by atoms with E-state index in [0.29, 0.717) is 37.5 Å². The summed E-state index contributed by atoms with van der Waals surface area (Å²) < 4.78 is 5.01. The van der Waals surface area contributed by atoms with Gasteiger partial charge in [-0.25, -0.2) is 4.79 Å². The van der Waals surface area contributed by atoms with Crippen molar-refractivity contribution >= 4 is 11.9 Å². The minimum Gasteiger partial charge on any atom is -0.464 e. The Kier molecular flexibility index (Phi) is 4.16. The second-order valence-electron chi connectivity index (χ2n) is 4.38. The Balaban J connectivity index is 2.18. The van der Waals surface area contributed by atoms with Gasteiger partial charge in [-0.15, -0.1) is 0 Å². The molecule has 1 saturated heterocycles. The van der Waals surface area contributed by atoms with Gasteiger partial charge in [0.2, 0.25) is 0 Å². The third-order valence-corrected chi connectivity index (χ3v) is 3.12. The van der Waals surface area contributed by atoms with Crippen molar-refractivity contribution in [3.63, 3.8) is 0 Å². The van der Waals surface area contributed by atoms with Crippen LogP contribution in [-0.4, -0.2) is 59.3 Å². The monoisotopic (exact) mass is 266 g/mol. The van der Waals surface area contributed by atoms with Crippen LogP contribution in [0.2, 0.25) is 0 Å². The summed E-state index contributed by atoms with van der Waals surface area (Å²) in [5.74, 6) is -0.560. The highest BCUT2D eigenvalue weighted by molar-refractivity contribution is 5.97. The van der Waals surface area contributed by atoms with Gasteiger partial charge in [-0.3, -0.25) is 9.89 Å². The molecule has 1 atom stereocenters. The van der Waals surface area contributed by atoms with E-state index in [1.807, 2.05) is 0 Å². The number of piperazine rings is 1. The Hall–Kier alpha value is -1.89. The molecule has 7 nitrogen and oxygen atoms in total. The van der Waals surface area contributed by atoms with Gasteiger partial charge in [0.05, 0.1) is 18.4 Å². The average Bonchev–Trinajstić information content (AvgIpc) is 2.84. The van der Waals surface area contributed by atoms with Gasteiger partial charge in [-0.05, 0) is 13.8 Å². The third-order valence-electron chi connectivity index (χ3n) is 3.12. The van der Waals surface area contributed by atoms with E-state index in [-0.39, 0.29) is 11.9 Å². The highest BCUT2D eigenvalue weighted by Crippen LogP contribution is 2.13. The summed E-state index contributed by atoms with van der Waals surface area (Å²) in [6.45, 7) is 5.40. The van der Waals surface area contributed by atoms with Gasteiger partial charge in [-0.2, -0.15) is 5.10 Å². The van der Waals surface area contributed by atoms with Gasteiger partial charge in [0.1, 0.15) is 6.04 Å². The Morgan fingerprint density at radius 2 is 2.37 bits per heavy atom. The average molecular weight is 266 g/mol. The van der Waals surface area contributed by atoms with Crippen LogP contribution < -0.4 is 5.32 Å². The zero-order chi connectivity index (χ0) is 13.8. The minimum absolute atomic E-state index is 0.189. The summed E-state index contributed by atoms with van der Waals surface area (Å²) in [5, 5.41) is 9.67. The fourth-order valence-corrected chi connectivity index (χ4v) is 2.12. The summed E-state index contributed by atoms with van der Waals surface area (Å²) in [5.41, 5.74) is 1.20. The second kappa shape index (κ2) is 5.83. The first-order chi connectivity index (χ1) is 9.15. The number of nitrogens with one attached hydrogen (secondary N) is 2. The molecule has 104 valence electrons. The number of hydrogen-bond acceptors (Lipinski definition) is 5. The van der Waals surface area contributed by atoms with E-state index in [1.165, 1.54) is 6.20 Å². The molecule has 1 amide bonds. The number of hydrogen-bond donors (Lipinski definition) is 2. The minimum atomic E-state index is -0.574. The topological polar surface area (TPSA) is 87.3 Å². The van der Waals surface area contributed by atoms with Gasteiger partial charge < -0.3 is 15.0 Å². The molecule has 2 heterocycles. The van der Waals surface area contributed by atoms with Crippen molar-refractivity contribution in [1.82, 2.24) is 20.4 Å². The van der Waals surface area contributed by atoms with E-state index in [4.69, 9.17) is 4.74 Å². The fourth-order valence-electron chi connectivity index (χ4n) is 2.12. The first-order valence-corrected chi connectivity index (χ1v) is 6.33. The summed E-state index contributed by atoms with van der Waals surface area (Å²) in [6, 6.07) is -0.574. The number of H-pyrrole nitrogens is 1. The van der Waals surface area contributed by atoms with Crippen molar-refractivity contribution in [3.05, 3.63) is 17.5 Å². The van der Waals surface area contributed by atoms with Crippen LogP contribution in [0.4, 0.5) is 0 Å². The first kappa shape index (κ1) is 13.5. The number of aryl methyl sites for hydroxylation is 1. The van der Waals surface area contributed by atoms with Crippen molar-refractivity contribution in [2.45, 2.75) is 19.9 Å². The zero-order valence-electron chi connectivity index (χ0n) is 11.1. The SMILES string of the molecule is CCOC(=O)C1CNCCN1C(=O)c1cn[nH]c1C. The molecule has 7 heteroatoms. The van der Waals surface area contributed by atoms with Gasteiger partial charge in [0.15, 0.2) is 0 Å². The maximum absolute atomic E-state index is 12.4. The lowest BCUT2D eigenvalue weighted by molar-refractivity contribution is -0.149. The molecular formula is C12H18N4O3. The molecule has 1 aromatic heterocycles. The van der Waals surface area contributed by atoms with Gasteiger partial charge in [0.25, 0.3) is 5.91 Å². The molecule has 2 rings (SSSR count). The quantitative estimate of drug-likeness (QED) is 0.733. The molecule has 0 saturated carbocycles. The molecule has 0 aliphatic carbocycles. The fraction of sp³-hybridized carbons (Fsp3) is 0.583. The number of aromatic nitrogens is 2. The molecule has 1 fully saturated rings. The Morgan fingerprint density at radius 1 is 1.58 bits per heavy atom. The van der Waals surface area contributed by atoms with Gasteiger partial charge >= 0.3 is 5.97 Å². The second-order valence-corrected chi connectivity index (χ2v) is 4.38. The van der Waals surface area contributed by atoms with Crippen molar-refractivity contribution in [2.75, 3.05) is 26.2 Å². The normalized spacial score (nSPS) is 19.3. The van der Waals surface area contributed by atoms with E-state index in [9.17, 15) is 9.59 Å². The number of carbonyl (C=O) groups excluding carboxylic acids is 2. The molecule has 0 radical (unpaired) electrons. The molecule has 0 bridgehead atoms. The molecule has 2 N–H and O–H groups in total. The van der Waals surface area contributed by atoms with E-state index in [2.05, 4.69) is 15.5 Å². The standard InChI is InChI=1S/C12H18N4O3/c1-3-19-12(18)10-7-13-4-5-16(10)11(17)9-6-14-15-8(9)2/h6,10,13H,3-5,7H2,1-2H3,(H,14,15). The van der Waals surface area contributed by atoms with Crippen LogP contribution in [0.1, 0.15) is 23.0 Å². The number of carbonyl (C=O) groups is 2. The Labute approximate surface area is 111 Å². The molecule has 1 aromatic rings. The Morgan fingerprint density at radius 3 is 3.00 bits per heavy atom. The predicted molar refractivity (Wildman–Crippen MR) is 67.7 cm³/mol. The summed E-state index contributed by atoms with van der Waals surface area (Å²) >= 11 is 0. The van der Waals surface area contributed by atoms with E-state index >= 15 is 0 Å². The van der Waals surface area contributed by atoms with Crippen LogP contribution in [-0.2, 0) is 9.53 Å². The third kappa shape index (κ3) is 2.76. The lowest BCUT2D eigenvalue weighted by atomic mass is 10.1. The number of esters is 1. The smallest absolute Gasteiger partial charge is 0.330 e. The van der Waals surface area contributed by atoms with Crippen LogP contribution >= 0.6 is 0 Å².